The third-order valence-electron chi connectivity index (χ3n) is 12.6. The number of benzene rings is 1. The second-order valence-electron chi connectivity index (χ2n) is 23.3. The number of aromatic carboxylic acids is 1. The third-order valence-corrected chi connectivity index (χ3v) is 16.0. The van der Waals surface area contributed by atoms with Crippen molar-refractivity contribution in [1.29, 1.82) is 0 Å². The lowest BCUT2D eigenvalue weighted by molar-refractivity contribution is 0.0118. The molecule has 3 aliphatic rings. The van der Waals surface area contributed by atoms with Gasteiger partial charge in [0.2, 0.25) is 0 Å². The van der Waals surface area contributed by atoms with Crippen LogP contribution in [0.2, 0.25) is 51.4 Å². The first-order valence-electron chi connectivity index (χ1n) is 24.4. The Bertz CT molecular complexity index is 2370. The number of rotatable bonds is 15. The van der Waals surface area contributed by atoms with Gasteiger partial charge in [-0.15, -0.1) is 0 Å². The first kappa shape index (κ1) is 55.9. The van der Waals surface area contributed by atoms with Gasteiger partial charge in [-0.25, -0.2) is 28.5 Å². The van der Waals surface area contributed by atoms with E-state index in [2.05, 4.69) is 44.4 Å². The van der Waals surface area contributed by atoms with Crippen LogP contribution in [0.3, 0.4) is 0 Å². The average Bonchev–Trinajstić information content (AvgIpc) is 3.87. The van der Waals surface area contributed by atoms with Crippen molar-refractivity contribution < 1.29 is 52.8 Å². The molecule has 20 heteroatoms. The summed E-state index contributed by atoms with van der Waals surface area (Å²) >= 11 is 0. The molecule has 388 valence electrons. The van der Waals surface area contributed by atoms with Gasteiger partial charge in [0.15, 0.2) is 11.4 Å². The number of ether oxygens (including phenoxy) is 5. The number of aromatic nitrogens is 4. The molecule has 1 aromatic carbocycles. The van der Waals surface area contributed by atoms with E-state index in [1.54, 1.807) is 43.2 Å². The SMILES string of the molecule is CC1Cc2c(c(C(=O)O)nn2COCC[Si](C)(C)C)CN1C(=O)OC(C)(C)C.COC(=O)c1ccc(C2(N(C)C(=O)c3nn(COCC[Si](C)(C)C)c4c3CN(C(=O)OC(C)(C)C)C(C)C4)CC2)cc1. The second kappa shape index (κ2) is 21.7. The number of methoxy groups -OCH3 is 1. The van der Waals surface area contributed by atoms with Crippen molar-refractivity contribution in [2.45, 2.75) is 188 Å². The van der Waals surface area contributed by atoms with Crippen LogP contribution in [-0.4, -0.2) is 136 Å². The largest absolute Gasteiger partial charge is 0.476 e. The Kier molecular flexibility index (Phi) is 17.4. The molecule has 0 bridgehead atoms. The van der Waals surface area contributed by atoms with Crippen LogP contribution in [0, 0.1) is 0 Å². The lowest BCUT2D eigenvalue weighted by Gasteiger charge is -2.35. The topological polar surface area (TPSA) is 197 Å². The standard InChI is InChI=1S/C31H46N4O6Si.C19H33N3O5Si/c1-21-18-25-24(19-34(21)29(38)41-30(2,3)4)26(32-35(25)20-40-16-17-42(7,8)9)27(36)33(5)31(14-15-31)23-12-10-22(11-13-23)28(37)39-6;1-13-10-15-14(11-21(13)18(25)27-19(2,3)4)16(17(23)24)20-22(15)12-26-8-9-28(5,6)7/h10-13,21H,14-20H2,1-9H3;13H,8-12H2,1-7H3,(H,23,24). The molecule has 0 radical (unpaired) electrons. The highest BCUT2D eigenvalue weighted by Crippen LogP contribution is 2.51. The van der Waals surface area contributed by atoms with Crippen LogP contribution >= 0.6 is 0 Å². The molecule has 2 atom stereocenters. The third kappa shape index (κ3) is 14.3. The Morgan fingerprint density at radius 1 is 0.714 bits per heavy atom. The van der Waals surface area contributed by atoms with Gasteiger partial charge in [0, 0.05) is 83.8 Å². The van der Waals surface area contributed by atoms with E-state index < -0.39 is 57.0 Å². The zero-order valence-electron chi connectivity index (χ0n) is 44.6. The lowest BCUT2D eigenvalue weighted by Crippen LogP contribution is -2.46. The van der Waals surface area contributed by atoms with Crippen LogP contribution < -0.4 is 0 Å². The molecule has 1 saturated carbocycles. The number of carboxylic acid groups (broad SMARTS) is 1. The molecule has 3 amide bonds. The molecule has 1 fully saturated rings. The predicted molar refractivity (Wildman–Crippen MR) is 270 cm³/mol. The van der Waals surface area contributed by atoms with E-state index in [1.807, 2.05) is 67.5 Å². The number of fused-ring (bicyclic) bond motifs is 2. The van der Waals surface area contributed by atoms with E-state index in [-0.39, 0.29) is 50.2 Å². The summed E-state index contributed by atoms with van der Waals surface area (Å²) in [4.78, 5) is 68.5. The number of carbonyl (C=O) groups excluding carboxylic acids is 4. The molecule has 6 rings (SSSR count). The molecule has 0 saturated heterocycles. The Labute approximate surface area is 416 Å². The molecule has 2 aliphatic heterocycles. The number of carboxylic acids is 1. The Morgan fingerprint density at radius 3 is 1.50 bits per heavy atom. The van der Waals surface area contributed by atoms with Gasteiger partial charge in [-0.1, -0.05) is 51.4 Å². The van der Waals surface area contributed by atoms with Crippen LogP contribution in [0.5, 0.6) is 0 Å². The summed E-state index contributed by atoms with van der Waals surface area (Å²) in [5.41, 5.74) is 3.03. The fourth-order valence-electron chi connectivity index (χ4n) is 8.36. The number of nitrogens with zero attached hydrogens (tertiary/aromatic N) is 7. The fourth-order valence-corrected chi connectivity index (χ4v) is 9.87. The molecule has 18 nitrogen and oxygen atoms in total. The smallest absolute Gasteiger partial charge is 0.410 e. The van der Waals surface area contributed by atoms with Crippen LogP contribution in [0.25, 0.3) is 0 Å². The molecule has 1 N–H and O–H groups in total. The Morgan fingerprint density at radius 2 is 1.13 bits per heavy atom. The van der Waals surface area contributed by atoms with E-state index >= 15 is 0 Å². The maximum absolute atomic E-state index is 14.2. The average molecular weight is 1010 g/mol. The summed E-state index contributed by atoms with van der Waals surface area (Å²) < 4.78 is 31.2. The number of hydrogen-bond donors (Lipinski definition) is 1. The van der Waals surface area contributed by atoms with E-state index in [9.17, 15) is 29.1 Å². The van der Waals surface area contributed by atoms with Gasteiger partial charge in [0.1, 0.15) is 24.7 Å². The highest BCUT2D eigenvalue weighted by molar-refractivity contribution is 6.76. The van der Waals surface area contributed by atoms with E-state index in [0.29, 0.717) is 42.9 Å². The predicted octanol–water partition coefficient (Wildman–Crippen LogP) is 9.00. The van der Waals surface area contributed by atoms with Crippen LogP contribution in [0.15, 0.2) is 24.3 Å². The molecule has 0 spiro atoms. The molecule has 2 unspecified atom stereocenters. The van der Waals surface area contributed by atoms with E-state index in [1.165, 1.54) is 7.11 Å². The van der Waals surface area contributed by atoms with Crippen molar-refractivity contribution in [3.8, 4) is 0 Å². The van der Waals surface area contributed by atoms with E-state index in [4.69, 9.17) is 28.8 Å². The summed E-state index contributed by atoms with van der Waals surface area (Å²) in [5, 5.41) is 18.6. The minimum atomic E-state index is -1.26. The van der Waals surface area contributed by atoms with Gasteiger partial charge in [0.05, 0.1) is 31.3 Å². The van der Waals surface area contributed by atoms with Crippen molar-refractivity contribution in [3.63, 3.8) is 0 Å². The second-order valence-corrected chi connectivity index (χ2v) is 34.6. The first-order chi connectivity index (χ1) is 32.3. The molecule has 4 heterocycles. The highest BCUT2D eigenvalue weighted by Gasteiger charge is 2.51. The monoisotopic (exact) mass is 1010 g/mol. The first-order valence-corrected chi connectivity index (χ1v) is 31.8. The van der Waals surface area contributed by atoms with Crippen molar-refractivity contribution >= 4 is 46.2 Å². The zero-order valence-corrected chi connectivity index (χ0v) is 46.6. The molecule has 70 heavy (non-hydrogen) atoms. The van der Waals surface area contributed by atoms with Gasteiger partial charge in [-0.05, 0) is 98.0 Å². The van der Waals surface area contributed by atoms with Crippen molar-refractivity contribution in [2.24, 2.45) is 0 Å². The summed E-state index contributed by atoms with van der Waals surface area (Å²) in [6, 6.07) is 9.04. The summed E-state index contributed by atoms with van der Waals surface area (Å²) in [6.45, 7) is 30.8. The minimum Gasteiger partial charge on any atom is -0.476 e. The molecular formula is C50H79N7O11Si2. The molecule has 2 aromatic heterocycles. The van der Waals surface area contributed by atoms with Crippen LogP contribution in [-0.2, 0) is 68.6 Å². The van der Waals surface area contributed by atoms with Crippen LogP contribution in [0.1, 0.15) is 128 Å². The van der Waals surface area contributed by atoms with Crippen molar-refractivity contribution in [2.75, 3.05) is 27.4 Å². The Balaban J connectivity index is 0.000000283. The van der Waals surface area contributed by atoms with Gasteiger partial charge in [-0.2, -0.15) is 10.2 Å². The van der Waals surface area contributed by atoms with Gasteiger partial charge >= 0.3 is 24.1 Å². The number of amides is 3. The maximum atomic E-state index is 14.2. The number of esters is 1. The summed E-state index contributed by atoms with van der Waals surface area (Å²) in [6.07, 6.45) is 1.80. The van der Waals surface area contributed by atoms with Gasteiger partial charge < -0.3 is 43.5 Å². The van der Waals surface area contributed by atoms with Crippen molar-refractivity contribution in [3.05, 3.63) is 69.3 Å². The summed E-state index contributed by atoms with van der Waals surface area (Å²) in [5.74, 6) is -1.71. The quantitative estimate of drug-likeness (QED) is 0.0656. The molecule has 1 aliphatic carbocycles. The van der Waals surface area contributed by atoms with Gasteiger partial charge in [-0.3, -0.25) is 4.79 Å². The number of hydrogen-bond acceptors (Lipinski definition) is 12. The minimum absolute atomic E-state index is 0.0238. The number of carbonyl (C=O) groups is 5. The zero-order chi connectivity index (χ0) is 52.3. The van der Waals surface area contributed by atoms with Gasteiger partial charge in [0.25, 0.3) is 5.91 Å². The van der Waals surface area contributed by atoms with Crippen LogP contribution in [0.4, 0.5) is 9.59 Å². The highest BCUT2D eigenvalue weighted by atomic mass is 28.3. The molecular weight excluding hydrogens is 931 g/mol. The fraction of sp³-hybridized carbons (Fsp3) is 0.660. The maximum Gasteiger partial charge on any atom is 0.410 e. The normalized spacial score (nSPS) is 17.7. The lowest BCUT2D eigenvalue weighted by atomic mass is 9.98. The van der Waals surface area contributed by atoms with Crippen molar-refractivity contribution in [1.82, 2.24) is 34.3 Å². The van der Waals surface area contributed by atoms with E-state index in [0.717, 1.165) is 47.4 Å². The Hall–Kier alpha value is -5.06. The summed E-state index contributed by atoms with van der Waals surface area (Å²) in [7, 11) is 0.699. The molecule has 3 aromatic rings.